The summed E-state index contributed by atoms with van der Waals surface area (Å²) >= 11 is 0. The first kappa shape index (κ1) is 20.6. The molecular weight excluding hydrogens is 360 g/mol. The van der Waals surface area contributed by atoms with Crippen LogP contribution in [-0.2, 0) is 10.2 Å². The van der Waals surface area contributed by atoms with Gasteiger partial charge in [0.05, 0.1) is 6.10 Å². The minimum atomic E-state index is -0.261. The molecule has 2 N–H and O–H groups in total. The van der Waals surface area contributed by atoms with Crippen molar-refractivity contribution in [2.24, 2.45) is 5.92 Å². The van der Waals surface area contributed by atoms with E-state index in [1.807, 2.05) is 25.7 Å². The molecule has 1 aliphatic carbocycles. The number of hydrogen-bond acceptors (Lipinski definition) is 5. The highest BCUT2D eigenvalue weighted by molar-refractivity contribution is 5.88. The number of anilines is 1. The number of hydrogen-bond donors (Lipinski definition) is 2. The van der Waals surface area contributed by atoms with Gasteiger partial charge in [0.25, 0.3) is 0 Å². The molecule has 8 heteroatoms. The Hall–Kier alpha value is -2.09. The lowest BCUT2D eigenvalue weighted by Gasteiger charge is -2.30. The quantitative estimate of drug-likeness (QED) is 0.806. The van der Waals surface area contributed by atoms with E-state index in [-0.39, 0.29) is 29.4 Å². The maximum atomic E-state index is 12.8. The third-order valence-corrected chi connectivity index (χ3v) is 5.63. The standard InChI is InChI=1S/C20H32N4O4/c1-20(2,3)16-13-17(22-28-16)21-19(27)24-10-4-9-23(11-12-24)18(26)14-5-7-15(25)8-6-14/h13-15,25H,4-12H2,1-3H3,(H,21,22,27). The summed E-state index contributed by atoms with van der Waals surface area (Å²) in [5, 5.41) is 16.4. The number of carbonyl (C=O) groups excluding carboxylic acids is 2. The molecule has 1 aromatic rings. The Labute approximate surface area is 166 Å². The lowest BCUT2D eigenvalue weighted by Crippen LogP contribution is -2.42. The predicted molar refractivity (Wildman–Crippen MR) is 105 cm³/mol. The zero-order valence-corrected chi connectivity index (χ0v) is 17.1. The monoisotopic (exact) mass is 392 g/mol. The minimum Gasteiger partial charge on any atom is -0.393 e. The topological polar surface area (TPSA) is 98.9 Å². The number of aliphatic hydroxyl groups is 1. The van der Waals surface area contributed by atoms with Gasteiger partial charge in [-0.05, 0) is 32.1 Å². The second-order valence-electron chi connectivity index (χ2n) is 8.93. The summed E-state index contributed by atoms with van der Waals surface area (Å²) in [6, 6.07) is 1.53. The van der Waals surface area contributed by atoms with Crippen LogP contribution in [0.5, 0.6) is 0 Å². The van der Waals surface area contributed by atoms with Crippen molar-refractivity contribution in [3.8, 4) is 0 Å². The Morgan fingerprint density at radius 2 is 1.75 bits per heavy atom. The van der Waals surface area contributed by atoms with E-state index in [0.717, 1.165) is 19.3 Å². The molecule has 1 saturated heterocycles. The van der Waals surface area contributed by atoms with Crippen molar-refractivity contribution in [1.29, 1.82) is 0 Å². The van der Waals surface area contributed by atoms with Crippen LogP contribution in [0, 0.1) is 5.92 Å². The van der Waals surface area contributed by atoms with Gasteiger partial charge in [-0.1, -0.05) is 25.9 Å². The van der Waals surface area contributed by atoms with E-state index >= 15 is 0 Å². The first-order chi connectivity index (χ1) is 13.2. The molecule has 1 saturated carbocycles. The van der Waals surface area contributed by atoms with Gasteiger partial charge in [0, 0.05) is 43.6 Å². The third-order valence-electron chi connectivity index (χ3n) is 5.63. The van der Waals surface area contributed by atoms with Gasteiger partial charge < -0.3 is 19.4 Å². The lowest BCUT2D eigenvalue weighted by molar-refractivity contribution is -0.137. The van der Waals surface area contributed by atoms with Crippen LogP contribution in [0.4, 0.5) is 10.6 Å². The molecule has 1 aliphatic heterocycles. The second kappa shape index (κ2) is 8.51. The van der Waals surface area contributed by atoms with E-state index in [4.69, 9.17) is 4.52 Å². The zero-order chi connectivity index (χ0) is 20.3. The van der Waals surface area contributed by atoms with Gasteiger partial charge in [-0.15, -0.1) is 0 Å². The molecule has 0 radical (unpaired) electrons. The fourth-order valence-corrected chi connectivity index (χ4v) is 3.80. The van der Waals surface area contributed by atoms with Gasteiger partial charge in [-0.3, -0.25) is 10.1 Å². The van der Waals surface area contributed by atoms with Crippen LogP contribution in [0.15, 0.2) is 10.6 Å². The van der Waals surface area contributed by atoms with E-state index in [0.29, 0.717) is 50.6 Å². The van der Waals surface area contributed by atoms with E-state index in [1.54, 1.807) is 11.0 Å². The van der Waals surface area contributed by atoms with Gasteiger partial charge >= 0.3 is 6.03 Å². The summed E-state index contributed by atoms with van der Waals surface area (Å²) in [7, 11) is 0. The first-order valence-electron chi connectivity index (χ1n) is 10.2. The van der Waals surface area contributed by atoms with Crippen molar-refractivity contribution in [3.05, 3.63) is 11.8 Å². The van der Waals surface area contributed by atoms with Gasteiger partial charge in [-0.25, -0.2) is 4.79 Å². The van der Waals surface area contributed by atoms with Crippen molar-refractivity contribution >= 4 is 17.8 Å². The Kier molecular flexibility index (Phi) is 6.27. The highest BCUT2D eigenvalue weighted by Gasteiger charge is 2.30. The predicted octanol–water partition coefficient (Wildman–Crippen LogP) is 2.59. The summed E-state index contributed by atoms with van der Waals surface area (Å²) in [4.78, 5) is 29.0. The molecule has 1 aromatic heterocycles. The number of urea groups is 1. The highest BCUT2D eigenvalue weighted by Crippen LogP contribution is 2.27. The molecule has 2 fully saturated rings. The summed E-state index contributed by atoms with van der Waals surface area (Å²) in [5.74, 6) is 1.30. The van der Waals surface area contributed by atoms with Crippen LogP contribution in [0.25, 0.3) is 0 Å². The second-order valence-corrected chi connectivity index (χ2v) is 8.93. The Bertz CT molecular complexity index is 689. The van der Waals surface area contributed by atoms with Gasteiger partial charge in [-0.2, -0.15) is 0 Å². The average molecular weight is 393 g/mol. The van der Waals surface area contributed by atoms with E-state index in [1.165, 1.54) is 0 Å². The Morgan fingerprint density at radius 1 is 1.11 bits per heavy atom. The average Bonchev–Trinajstić information content (AvgIpc) is 2.98. The SMILES string of the molecule is CC(C)(C)c1cc(NC(=O)N2CCCN(C(=O)C3CCC(O)CC3)CC2)no1. The number of aromatic nitrogens is 1. The fourth-order valence-electron chi connectivity index (χ4n) is 3.80. The molecule has 0 unspecified atom stereocenters. The Balaban J connectivity index is 1.52. The lowest BCUT2D eigenvalue weighted by atomic mass is 9.86. The molecule has 156 valence electrons. The van der Waals surface area contributed by atoms with E-state index in [2.05, 4.69) is 10.5 Å². The number of nitrogens with zero attached hydrogens (tertiary/aromatic N) is 3. The maximum absolute atomic E-state index is 12.8. The van der Waals surface area contributed by atoms with Crippen LogP contribution in [-0.4, -0.2) is 64.3 Å². The van der Waals surface area contributed by atoms with Crippen molar-refractivity contribution in [1.82, 2.24) is 15.0 Å². The number of amides is 3. The highest BCUT2D eigenvalue weighted by atomic mass is 16.5. The summed E-state index contributed by atoms with van der Waals surface area (Å²) < 4.78 is 5.31. The summed E-state index contributed by atoms with van der Waals surface area (Å²) in [6.07, 6.45) is 3.40. The first-order valence-corrected chi connectivity index (χ1v) is 10.2. The van der Waals surface area contributed by atoms with Crippen LogP contribution in [0.1, 0.15) is 58.6 Å². The molecule has 28 heavy (non-hydrogen) atoms. The number of aliphatic hydroxyl groups excluding tert-OH is 1. The van der Waals surface area contributed by atoms with Gasteiger partial charge in [0.2, 0.25) is 5.91 Å². The molecule has 3 rings (SSSR count). The molecular formula is C20H32N4O4. The molecule has 8 nitrogen and oxygen atoms in total. The normalized spacial score (nSPS) is 24.0. The molecule has 0 spiro atoms. The van der Waals surface area contributed by atoms with Crippen LogP contribution in [0.2, 0.25) is 0 Å². The zero-order valence-electron chi connectivity index (χ0n) is 17.1. The van der Waals surface area contributed by atoms with Gasteiger partial charge in [0.15, 0.2) is 5.82 Å². The molecule has 3 amide bonds. The van der Waals surface area contributed by atoms with Crippen molar-refractivity contribution in [2.75, 3.05) is 31.5 Å². The van der Waals surface area contributed by atoms with Crippen molar-refractivity contribution < 1.29 is 19.2 Å². The summed E-state index contributed by atoms with van der Waals surface area (Å²) in [5.41, 5.74) is -0.172. The summed E-state index contributed by atoms with van der Waals surface area (Å²) in [6.45, 7) is 8.36. The van der Waals surface area contributed by atoms with Crippen molar-refractivity contribution in [2.45, 2.75) is 64.4 Å². The van der Waals surface area contributed by atoms with Crippen molar-refractivity contribution in [3.63, 3.8) is 0 Å². The molecule has 2 heterocycles. The minimum absolute atomic E-state index is 0.00901. The smallest absolute Gasteiger partial charge is 0.323 e. The third kappa shape index (κ3) is 5.04. The molecule has 0 aromatic carbocycles. The fraction of sp³-hybridized carbons (Fsp3) is 0.750. The molecule has 0 bridgehead atoms. The van der Waals surface area contributed by atoms with E-state index < -0.39 is 0 Å². The van der Waals surface area contributed by atoms with Crippen LogP contribution >= 0.6 is 0 Å². The maximum Gasteiger partial charge on any atom is 0.323 e. The molecule has 2 aliphatic rings. The number of nitrogens with one attached hydrogen (secondary N) is 1. The van der Waals surface area contributed by atoms with Gasteiger partial charge in [0.1, 0.15) is 5.76 Å². The molecule has 0 atom stereocenters. The van der Waals surface area contributed by atoms with Crippen LogP contribution in [0.3, 0.4) is 0 Å². The Morgan fingerprint density at radius 3 is 2.39 bits per heavy atom. The van der Waals surface area contributed by atoms with E-state index in [9.17, 15) is 14.7 Å². The number of rotatable bonds is 2. The largest absolute Gasteiger partial charge is 0.393 e. The van der Waals surface area contributed by atoms with Crippen LogP contribution < -0.4 is 5.32 Å². The number of carbonyl (C=O) groups is 2.